The summed E-state index contributed by atoms with van der Waals surface area (Å²) in [6, 6.07) is 13.1. The minimum atomic E-state index is -3.46. The Morgan fingerprint density at radius 3 is 2.14 bits per heavy atom. The fourth-order valence-corrected chi connectivity index (χ4v) is 4.46. The SMILES string of the molecule is COc1ccc(O[C@@H](C)C(=O)Nc2ccc(S(=O)(=O)N3CCCC3)cc2)cc1. The molecule has 7 nitrogen and oxygen atoms in total. The molecule has 150 valence electrons. The van der Waals surface area contributed by atoms with Gasteiger partial charge in [-0.15, -0.1) is 0 Å². The highest BCUT2D eigenvalue weighted by Gasteiger charge is 2.27. The highest BCUT2D eigenvalue weighted by Crippen LogP contribution is 2.23. The van der Waals surface area contributed by atoms with E-state index in [9.17, 15) is 13.2 Å². The molecule has 1 fully saturated rings. The van der Waals surface area contributed by atoms with Crippen molar-refractivity contribution in [1.82, 2.24) is 4.31 Å². The summed E-state index contributed by atoms with van der Waals surface area (Å²) in [6.07, 6.45) is 1.06. The number of nitrogens with zero attached hydrogens (tertiary/aromatic N) is 1. The van der Waals surface area contributed by atoms with Crippen LogP contribution in [-0.2, 0) is 14.8 Å². The van der Waals surface area contributed by atoms with Crippen LogP contribution in [0.15, 0.2) is 53.4 Å². The first kappa shape index (κ1) is 20.2. The number of carbonyl (C=O) groups is 1. The van der Waals surface area contributed by atoms with E-state index in [-0.39, 0.29) is 10.8 Å². The van der Waals surface area contributed by atoms with Gasteiger partial charge in [0, 0.05) is 18.8 Å². The molecule has 2 aromatic rings. The van der Waals surface area contributed by atoms with Gasteiger partial charge in [0.15, 0.2) is 6.10 Å². The Hall–Kier alpha value is -2.58. The van der Waals surface area contributed by atoms with E-state index in [4.69, 9.17) is 9.47 Å². The maximum absolute atomic E-state index is 12.5. The van der Waals surface area contributed by atoms with Crippen LogP contribution in [0, 0.1) is 0 Å². The Kier molecular flexibility index (Phi) is 6.21. The number of ether oxygens (including phenoxy) is 2. The zero-order chi connectivity index (χ0) is 20.1. The summed E-state index contributed by atoms with van der Waals surface area (Å²) in [6.45, 7) is 2.76. The lowest BCUT2D eigenvalue weighted by atomic mass is 10.3. The summed E-state index contributed by atoms with van der Waals surface area (Å²) in [5.74, 6) is 0.926. The molecule has 0 aliphatic carbocycles. The maximum Gasteiger partial charge on any atom is 0.265 e. The molecule has 0 saturated carbocycles. The first-order valence-electron chi connectivity index (χ1n) is 9.12. The molecule has 1 saturated heterocycles. The van der Waals surface area contributed by atoms with E-state index in [1.807, 2.05) is 0 Å². The Morgan fingerprint density at radius 1 is 1.00 bits per heavy atom. The molecule has 3 rings (SSSR count). The van der Waals surface area contributed by atoms with E-state index >= 15 is 0 Å². The van der Waals surface area contributed by atoms with Crippen LogP contribution in [0.25, 0.3) is 0 Å². The lowest BCUT2D eigenvalue weighted by molar-refractivity contribution is -0.122. The van der Waals surface area contributed by atoms with Crippen molar-refractivity contribution in [2.24, 2.45) is 0 Å². The number of hydrogen-bond donors (Lipinski definition) is 1. The molecule has 1 aliphatic rings. The van der Waals surface area contributed by atoms with Crippen molar-refractivity contribution in [3.8, 4) is 11.5 Å². The molecule has 1 N–H and O–H groups in total. The summed E-state index contributed by atoms with van der Waals surface area (Å²) < 4.78 is 37.3. The van der Waals surface area contributed by atoms with Crippen molar-refractivity contribution >= 4 is 21.6 Å². The molecule has 1 heterocycles. The molecule has 0 spiro atoms. The standard InChI is InChI=1S/C20H24N2O5S/c1-15(27-18-9-7-17(26-2)8-10-18)20(23)21-16-5-11-19(12-6-16)28(24,25)22-13-3-4-14-22/h5-12,15H,3-4,13-14H2,1-2H3,(H,21,23)/t15-/m0/s1. The van der Waals surface area contributed by atoms with Gasteiger partial charge in [-0.25, -0.2) is 8.42 Å². The van der Waals surface area contributed by atoms with Gasteiger partial charge in [-0.2, -0.15) is 4.31 Å². The normalized spacial score (nSPS) is 15.8. The zero-order valence-corrected chi connectivity index (χ0v) is 16.7. The van der Waals surface area contributed by atoms with Crippen LogP contribution in [0.4, 0.5) is 5.69 Å². The molecule has 1 atom stereocenters. The predicted molar refractivity (Wildman–Crippen MR) is 106 cm³/mol. The third-order valence-electron chi connectivity index (χ3n) is 4.57. The molecule has 0 bridgehead atoms. The maximum atomic E-state index is 12.5. The molecule has 0 radical (unpaired) electrons. The van der Waals surface area contributed by atoms with Gasteiger partial charge < -0.3 is 14.8 Å². The van der Waals surface area contributed by atoms with Crippen LogP contribution >= 0.6 is 0 Å². The molecule has 8 heteroatoms. The van der Waals surface area contributed by atoms with Gasteiger partial charge in [0.25, 0.3) is 5.91 Å². The molecule has 1 amide bonds. The molecule has 2 aromatic carbocycles. The second kappa shape index (κ2) is 8.62. The average molecular weight is 404 g/mol. The van der Waals surface area contributed by atoms with E-state index < -0.39 is 16.1 Å². The van der Waals surface area contributed by atoms with Gasteiger partial charge in [0.2, 0.25) is 10.0 Å². The van der Waals surface area contributed by atoms with Gasteiger partial charge in [0.05, 0.1) is 12.0 Å². The third kappa shape index (κ3) is 4.63. The number of methoxy groups -OCH3 is 1. The van der Waals surface area contributed by atoms with Crippen molar-refractivity contribution < 1.29 is 22.7 Å². The highest BCUT2D eigenvalue weighted by molar-refractivity contribution is 7.89. The number of rotatable bonds is 7. The van der Waals surface area contributed by atoms with Crippen molar-refractivity contribution in [1.29, 1.82) is 0 Å². The second-order valence-electron chi connectivity index (χ2n) is 6.56. The molecule has 0 aromatic heterocycles. The Balaban J connectivity index is 1.60. The van der Waals surface area contributed by atoms with Crippen molar-refractivity contribution in [2.75, 3.05) is 25.5 Å². The average Bonchev–Trinajstić information content (AvgIpc) is 3.25. The second-order valence-corrected chi connectivity index (χ2v) is 8.50. The summed E-state index contributed by atoms with van der Waals surface area (Å²) >= 11 is 0. The minimum absolute atomic E-state index is 0.231. The van der Waals surface area contributed by atoms with E-state index in [0.29, 0.717) is 30.3 Å². The molecule has 1 aliphatic heterocycles. The predicted octanol–water partition coefficient (Wildman–Crippen LogP) is 2.89. The van der Waals surface area contributed by atoms with Crippen LogP contribution in [0.1, 0.15) is 19.8 Å². The minimum Gasteiger partial charge on any atom is -0.497 e. The van der Waals surface area contributed by atoms with Crippen LogP contribution in [0.3, 0.4) is 0 Å². The number of anilines is 1. The Morgan fingerprint density at radius 2 is 1.57 bits per heavy atom. The smallest absolute Gasteiger partial charge is 0.265 e. The number of amides is 1. The largest absolute Gasteiger partial charge is 0.497 e. The lowest BCUT2D eigenvalue weighted by Crippen LogP contribution is -2.30. The van der Waals surface area contributed by atoms with E-state index in [0.717, 1.165) is 12.8 Å². The Bertz CT molecular complexity index is 905. The number of sulfonamides is 1. The fourth-order valence-electron chi connectivity index (χ4n) is 2.94. The van der Waals surface area contributed by atoms with Crippen molar-refractivity contribution in [3.05, 3.63) is 48.5 Å². The quantitative estimate of drug-likeness (QED) is 0.767. The Labute approximate surface area is 165 Å². The zero-order valence-electron chi connectivity index (χ0n) is 15.9. The van der Waals surface area contributed by atoms with Crippen LogP contribution < -0.4 is 14.8 Å². The number of benzene rings is 2. The van der Waals surface area contributed by atoms with Crippen molar-refractivity contribution in [3.63, 3.8) is 0 Å². The van der Waals surface area contributed by atoms with Gasteiger partial charge in [-0.3, -0.25) is 4.79 Å². The van der Waals surface area contributed by atoms with Crippen molar-refractivity contribution in [2.45, 2.75) is 30.8 Å². The molecular weight excluding hydrogens is 380 g/mol. The summed E-state index contributed by atoms with van der Waals surface area (Å²) in [4.78, 5) is 12.6. The molecular formula is C20H24N2O5S. The van der Waals surface area contributed by atoms with Crippen LogP contribution in [0.5, 0.6) is 11.5 Å². The van der Waals surface area contributed by atoms with E-state index in [2.05, 4.69) is 5.32 Å². The third-order valence-corrected chi connectivity index (χ3v) is 6.48. The number of hydrogen-bond acceptors (Lipinski definition) is 5. The van der Waals surface area contributed by atoms with Gasteiger partial charge in [0.1, 0.15) is 11.5 Å². The van der Waals surface area contributed by atoms with E-state index in [1.165, 1.54) is 16.4 Å². The van der Waals surface area contributed by atoms with Gasteiger partial charge in [-0.1, -0.05) is 0 Å². The first-order chi connectivity index (χ1) is 13.4. The van der Waals surface area contributed by atoms with E-state index in [1.54, 1.807) is 50.4 Å². The van der Waals surface area contributed by atoms with Gasteiger partial charge >= 0.3 is 0 Å². The summed E-state index contributed by atoms with van der Waals surface area (Å²) in [5.41, 5.74) is 0.510. The molecule has 0 unspecified atom stereocenters. The van der Waals surface area contributed by atoms with Crippen LogP contribution in [-0.4, -0.2) is 44.9 Å². The van der Waals surface area contributed by atoms with Crippen LogP contribution in [0.2, 0.25) is 0 Å². The summed E-state index contributed by atoms with van der Waals surface area (Å²) in [7, 11) is -1.88. The topological polar surface area (TPSA) is 84.9 Å². The first-order valence-corrected chi connectivity index (χ1v) is 10.6. The fraction of sp³-hybridized carbons (Fsp3) is 0.350. The summed E-state index contributed by atoms with van der Waals surface area (Å²) in [5, 5.41) is 2.74. The number of carbonyl (C=O) groups excluding carboxylic acids is 1. The highest BCUT2D eigenvalue weighted by atomic mass is 32.2. The monoisotopic (exact) mass is 404 g/mol. The lowest BCUT2D eigenvalue weighted by Gasteiger charge is -2.17. The number of nitrogens with one attached hydrogen (secondary N) is 1. The van der Waals surface area contributed by atoms with Gasteiger partial charge in [-0.05, 0) is 68.3 Å². The molecule has 28 heavy (non-hydrogen) atoms.